The van der Waals surface area contributed by atoms with Gasteiger partial charge in [-0.05, 0) is 37.1 Å². The number of carbonyl (C=O) groups excluding carboxylic acids is 1. The topological polar surface area (TPSA) is 101 Å². The minimum Gasteiger partial charge on any atom is -0.348 e. The number of rotatable bonds is 5. The van der Waals surface area contributed by atoms with Crippen molar-refractivity contribution in [3.8, 4) is 0 Å². The van der Waals surface area contributed by atoms with Gasteiger partial charge in [0.15, 0.2) is 0 Å². The minimum absolute atomic E-state index is 0.184. The fourth-order valence-corrected chi connectivity index (χ4v) is 2.56. The van der Waals surface area contributed by atoms with Crippen LogP contribution in [0.25, 0.3) is 0 Å². The normalized spacial score (nSPS) is 15.2. The number of benzene rings is 1. The summed E-state index contributed by atoms with van der Waals surface area (Å²) in [6, 6.07) is 5.50. The van der Waals surface area contributed by atoms with Crippen LogP contribution in [-0.4, -0.2) is 27.4 Å². The molecule has 4 N–H and O–H groups in total. The Morgan fingerprint density at radius 1 is 1.18 bits per heavy atom. The second-order valence-corrected chi connectivity index (χ2v) is 8.24. The molecule has 1 aromatic carbocycles. The van der Waals surface area contributed by atoms with Crippen LogP contribution in [0, 0.1) is 5.41 Å². The van der Waals surface area contributed by atoms with E-state index in [0.29, 0.717) is 0 Å². The molecule has 0 aliphatic heterocycles. The van der Waals surface area contributed by atoms with E-state index in [-0.39, 0.29) is 22.3 Å². The Labute approximate surface area is 132 Å². The Hall–Kier alpha value is -1.44. The molecule has 6 nitrogen and oxygen atoms in total. The van der Waals surface area contributed by atoms with Gasteiger partial charge in [-0.15, -0.1) is 0 Å². The van der Waals surface area contributed by atoms with Crippen LogP contribution >= 0.6 is 0 Å². The van der Waals surface area contributed by atoms with Crippen LogP contribution in [0.5, 0.6) is 0 Å². The molecule has 0 fully saturated rings. The Morgan fingerprint density at radius 2 is 1.68 bits per heavy atom. The van der Waals surface area contributed by atoms with Gasteiger partial charge in [0.25, 0.3) is 0 Å². The standard InChI is InChI=1S/C15H25N3O3S/c1-10(18-14(19)13(16)15(2,3)4)11-6-8-12(9-7-11)22(20,21)17-5/h6-10,13,17H,16H2,1-5H3,(H,18,19)/t10?,13-/m1/s1. The minimum atomic E-state index is -3.45. The molecule has 1 rings (SSSR count). The van der Waals surface area contributed by atoms with Crippen molar-refractivity contribution < 1.29 is 13.2 Å². The van der Waals surface area contributed by atoms with Crippen LogP contribution in [0.2, 0.25) is 0 Å². The zero-order valence-electron chi connectivity index (χ0n) is 13.7. The summed E-state index contributed by atoms with van der Waals surface area (Å²) in [5, 5.41) is 2.85. The smallest absolute Gasteiger partial charge is 0.240 e. The Morgan fingerprint density at radius 3 is 2.09 bits per heavy atom. The van der Waals surface area contributed by atoms with E-state index in [1.807, 2.05) is 27.7 Å². The van der Waals surface area contributed by atoms with E-state index in [1.54, 1.807) is 12.1 Å². The van der Waals surface area contributed by atoms with Crippen LogP contribution in [0.3, 0.4) is 0 Å². The first-order valence-electron chi connectivity index (χ1n) is 7.08. The highest BCUT2D eigenvalue weighted by atomic mass is 32.2. The molecule has 0 bridgehead atoms. The summed E-state index contributed by atoms with van der Waals surface area (Å²) in [7, 11) is -2.09. The van der Waals surface area contributed by atoms with E-state index in [1.165, 1.54) is 19.2 Å². The van der Waals surface area contributed by atoms with Crippen molar-refractivity contribution >= 4 is 15.9 Å². The van der Waals surface area contributed by atoms with Gasteiger partial charge < -0.3 is 11.1 Å². The second-order valence-electron chi connectivity index (χ2n) is 6.35. The number of nitrogens with one attached hydrogen (secondary N) is 2. The third-order valence-electron chi connectivity index (χ3n) is 3.53. The third kappa shape index (κ3) is 4.53. The lowest BCUT2D eigenvalue weighted by Gasteiger charge is -2.27. The number of hydrogen-bond acceptors (Lipinski definition) is 4. The Balaban J connectivity index is 2.83. The van der Waals surface area contributed by atoms with Crippen LogP contribution in [0.4, 0.5) is 0 Å². The molecular weight excluding hydrogens is 302 g/mol. The van der Waals surface area contributed by atoms with Crippen molar-refractivity contribution in [1.82, 2.24) is 10.0 Å². The van der Waals surface area contributed by atoms with Gasteiger partial charge in [-0.2, -0.15) is 0 Å². The maximum atomic E-state index is 12.1. The van der Waals surface area contributed by atoms with Crippen molar-refractivity contribution in [3.05, 3.63) is 29.8 Å². The molecule has 1 aromatic rings. The lowest BCUT2D eigenvalue weighted by Crippen LogP contribution is -2.49. The van der Waals surface area contributed by atoms with Crippen LogP contribution < -0.4 is 15.8 Å². The first-order chi connectivity index (χ1) is 9.99. The van der Waals surface area contributed by atoms with Crippen molar-refractivity contribution in [2.75, 3.05) is 7.05 Å². The molecule has 0 aromatic heterocycles. The molecule has 1 unspecified atom stereocenters. The van der Waals surface area contributed by atoms with Crippen molar-refractivity contribution in [1.29, 1.82) is 0 Å². The summed E-state index contributed by atoms with van der Waals surface area (Å²) in [6.07, 6.45) is 0. The second kappa shape index (κ2) is 6.76. The largest absolute Gasteiger partial charge is 0.348 e. The quantitative estimate of drug-likeness (QED) is 0.755. The summed E-state index contributed by atoms with van der Waals surface area (Å²) in [6.45, 7) is 7.53. The van der Waals surface area contributed by atoms with Gasteiger partial charge in [-0.3, -0.25) is 4.79 Å². The summed E-state index contributed by atoms with van der Waals surface area (Å²) >= 11 is 0. The predicted molar refractivity (Wildman–Crippen MR) is 86.7 cm³/mol. The maximum Gasteiger partial charge on any atom is 0.240 e. The number of nitrogens with two attached hydrogens (primary N) is 1. The number of carbonyl (C=O) groups is 1. The maximum absolute atomic E-state index is 12.1. The summed E-state index contributed by atoms with van der Waals surface area (Å²) in [5.74, 6) is -0.230. The molecule has 0 radical (unpaired) electrons. The lowest BCUT2D eigenvalue weighted by molar-refractivity contribution is -0.125. The van der Waals surface area contributed by atoms with E-state index < -0.39 is 16.1 Å². The first kappa shape index (κ1) is 18.6. The van der Waals surface area contributed by atoms with Gasteiger partial charge in [0.05, 0.1) is 17.0 Å². The predicted octanol–water partition coefficient (Wildman–Crippen LogP) is 1.15. The SMILES string of the molecule is CNS(=O)(=O)c1ccc(C(C)NC(=O)[C@@H](N)C(C)(C)C)cc1. The molecular formula is C15H25N3O3S. The first-order valence-corrected chi connectivity index (χ1v) is 8.57. The number of hydrogen-bond donors (Lipinski definition) is 3. The number of amides is 1. The third-order valence-corrected chi connectivity index (χ3v) is 4.96. The number of sulfonamides is 1. The van der Waals surface area contributed by atoms with Crippen molar-refractivity contribution in [3.63, 3.8) is 0 Å². The monoisotopic (exact) mass is 327 g/mol. The molecule has 0 heterocycles. The van der Waals surface area contributed by atoms with Gasteiger partial charge in [-0.25, -0.2) is 13.1 Å². The van der Waals surface area contributed by atoms with Gasteiger partial charge >= 0.3 is 0 Å². The van der Waals surface area contributed by atoms with Gasteiger partial charge in [0.1, 0.15) is 0 Å². The molecule has 0 saturated heterocycles. The van der Waals surface area contributed by atoms with Gasteiger partial charge in [-0.1, -0.05) is 32.9 Å². The van der Waals surface area contributed by atoms with Crippen molar-refractivity contribution in [2.45, 2.75) is 44.7 Å². The summed E-state index contributed by atoms with van der Waals surface area (Å²) in [4.78, 5) is 12.3. The summed E-state index contributed by atoms with van der Waals surface area (Å²) < 4.78 is 25.6. The van der Waals surface area contributed by atoms with Gasteiger partial charge in [0.2, 0.25) is 15.9 Å². The van der Waals surface area contributed by atoms with E-state index in [2.05, 4.69) is 10.0 Å². The molecule has 7 heteroatoms. The van der Waals surface area contributed by atoms with E-state index in [4.69, 9.17) is 5.73 Å². The van der Waals surface area contributed by atoms with Crippen LogP contribution in [-0.2, 0) is 14.8 Å². The fourth-order valence-electron chi connectivity index (χ4n) is 1.83. The van der Waals surface area contributed by atoms with E-state index >= 15 is 0 Å². The zero-order valence-corrected chi connectivity index (χ0v) is 14.5. The highest BCUT2D eigenvalue weighted by Crippen LogP contribution is 2.20. The average molecular weight is 327 g/mol. The Kier molecular flexibility index (Phi) is 5.72. The van der Waals surface area contributed by atoms with Crippen LogP contribution in [0.1, 0.15) is 39.3 Å². The average Bonchev–Trinajstić information content (AvgIpc) is 2.45. The van der Waals surface area contributed by atoms with Crippen molar-refractivity contribution in [2.24, 2.45) is 11.1 Å². The molecule has 2 atom stereocenters. The van der Waals surface area contributed by atoms with Gasteiger partial charge in [0, 0.05) is 0 Å². The molecule has 124 valence electrons. The molecule has 0 spiro atoms. The molecule has 0 aliphatic rings. The molecule has 0 saturated carbocycles. The zero-order chi connectivity index (χ0) is 17.1. The molecule has 0 aliphatic carbocycles. The highest BCUT2D eigenvalue weighted by molar-refractivity contribution is 7.89. The summed E-state index contributed by atoms with van der Waals surface area (Å²) in [5.41, 5.74) is 6.41. The van der Waals surface area contributed by atoms with E-state index in [9.17, 15) is 13.2 Å². The fraction of sp³-hybridized carbons (Fsp3) is 0.533. The molecule has 22 heavy (non-hydrogen) atoms. The lowest BCUT2D eigenvalue weighted by atomic mass is 9.86. The highest BCUT2D eigenvalue weighted by Gasteiger charge is 2.28. The van der Waals surface area contributed by atoms with Crippen LogP contribution in [0.15, 0.2) is 29.2 Å². The Bertz CT molecular complexity index is 618. The van der Waals surface area contributed by atoms with E-state index in [0.717, 1.165) is 5.56 Å². The molecule has 1 amide bonds.